The Hall–Kier alpha value is -2.49. The Bertz CT molecular complexity index is 566. The first-order valence-corrected chi connectivity index (χ1v) is 7.50. The summed E-state index contributed by atoms with van der Waals surface area (Å²) in [7, 11) is 0. The average molecular weight is 318 g/mol. The number of terminal acetylenes is 1. The lowest BCUT2D eigenvalue weighted by atomic mass is 10.2. The van der Waals surface area contributed by atoms with E-state index in [0.29, 0.717) is 37.9 Å². The van der Waals surface area contributed by atoms with Crippen LogP contribution in [-0.4, -0.2) is 59.3 Å². The van der Waals surface area contributed by atoms with Crippen molar-refractivity contribution in [2.45, 2.75) is 26.4 Å². The lowest BCUT2D eigenvalue weighted by molar-refractivity contribution is 0.0240. The van der Waals surface area contributed by atoms with Crippen molar-refractivity contribution in [3.8, 4) is 18.1 Å². The molecule has 1 amide bonds. The number of ether oxygens (including phenoxy) is 2. The van der Waals surface area contributed by atoms with Gasteiger partial charge in [0.05, 0.1) is 12.4 Å². The topological polar surface area (TPSA) is 67.8 Å². The highest BCUT2D eigenvalue weighted by Crippen LogP contribution is 2.16. The third-order valence-electron chi connectivity index (χ3n) is 3.15. The zero-order chi connectivity index (χ0) is 16.9. The number of nitrogens with zero attached hydrogens (tertiary/aromatic N) is 4. The van der Waals surface area contributed by atoms with Crippen LogP contribution in [0.5, 0.6) is 5.75 Å². The summed E-state index contributed by atoms with van der Waals surface area (Å²) in [6, 6.07) is 0. The second kappa shape index (κ2) is 7.18. The van der Waals surface area contributed by atoms with Gasteiger partial charge in [-0.15, -0.1) is 6.42 Å². The number of rotatable bonds is 3. The van der Waals surface area contributed by atoms with E-state index < -0.39 is 5.60 Å². The molecule has 7 nitrogen and oxygen atoms in total. The van der Waals surface area contributed by atoms with Gasteiger partial charge < -0.3 is 19.3 Å². The largest absolute Gasteiger partial charge is 0.478 e. The fraction of sp³-hybridized carbons (Fsp3) is 0.562. The van der Waals surface area contributed by atoms with Gasteiger partial charge >= 0.3 is 6.09 Å². The van der Waals surface area contributed by atoms with Gasteiger partial charge in [-0.3, -0.25) is 0 Å². The summed E-state index contributed by atoms with van der Waals surface area (Å²) >= 11 is 0. The molecule has 1 aromatic heterocycles. The highest BCUT2D eigenvalue weighted by Gasteiger charge is 2.26. The van der Waals surface area contributed by atoms with Crippen molar-refractivity contribution in [1.29, 1.82) is 0 Å². The summed E-state index contributed by atoms with van der Waals surface area (Å²) in [5.41, 5.74) is -0.481. The number of aromatic nitrogens is 2. The van der Waals surface area contributed by atoms with E-state index in [0.717, 1.165) is 0 Å². The molecule has 124 valence electrons. The van der Waals surface area contributed by atoms with Gasteiger partial charge in [0.1, 0.15) is 12.2 Å². The molecule has 7 heteroatoms. The Morgan fingerprint density at radius 2 is 1.87 bits per heavy atom. The molecule has 1 aromatic rings. The van der Waals surface area contributed by atoms with Gasteiger partial charge in [0.15, 0.2) is 5.75 Å². The monoisotopic (exact) mass is 318 g/mol. The van der Waals surface area contributed by atoms with Crippen LogP contribution in [0, 0.1) is 12.3 Å². The molecule has 1 saturated heterocycles. The second-order valence-corrected chi connectivity index (χ2v) is 6.17. The molecule has 23 heavy (non-hydrogen) atoms. The summed E-state index contributed by atoms with van der Waals surface area (Å²) in [6.07, 6.45) is 8.05. The molecule has 1 fully saturated rings. The van der Waals surface area contributed by atoms with Gasteiger partial charge in [0, 0.05) is 26.2 Å². The first-order chi connectivity index (χ1) is 10.9. The zero-order valence-electron chi connectivity index (χ0n) is 13.8. The lowest BCUT2D eigenvalue weighted by Crippen LogP contribution is -2.50. The standard InChI is InChI=1S/C16H22N4O3/c1-5-10-22-13-11-17-14(18-12-13)19-6-8-20(9-7-19)15(21)23-16(2,3)4/h1,11-12H,6-10H2,2-4H3. The van der Waals surface area contributed by atoms with E-state index in [1.54, 1.807) is 17.3 Å². The third-order valence-corrected chi connectivity index (χ3v) is 3.15. The Kier molecular flexibility index (Phi) is 5.27. The van der Waals surface area contributed by atoms with E-state index in [2.05, 4.69) is 15.9 Å². The highest BCUT2D eigenvalue weighted by atomic mass is 16.6. The van der Waals surface area contributed by atoms with E-state index >= 15 is 0 Å². The van der Waals surface area contributed by atoms with Crippen LogP contribution in [0.15, 0.2) is 12.4 Å². The fourth-order valence-corrected chi connectivity index (χ4v) is 2.09. The highest BCUT2D eigenvalue weighted by molar-refractivity contribution is 5.68. The Labute approximate surface area is 136 Å². The van der Waals surface area contributed by atoms with E-state index in [-0.39, 0.29) is 12.7 Å². The number of amides is 1. The predicted octanol–water partition coefficient (Wildman–Crippen LogP) is 1.55. The molecular formula is C16H22N4O3. The molecule has 0 aliphatic carbocycles. The van der Waals surface area contributed by atoms with Gasteiger partial charge in [-0.25, -0.2) is 14.8 Å². The van der Waals surface area contributed by atoms with Crippen LogP contribution in [0.1, 0.15) is 20.8 Å². The molecule has 0 saturated carbocycles. The summed E-state index contributed by atoms with van der Waals surface area (Å²) in [5.74, 6) is 3.54. The van der Waals surface area contributed by atoms with Gasteiger partial charge in [-0.05, 0) is 20.8 Å². The van der Waals surface area contributed by atoms with Crippen molar-refractivity contribution in [3.05, 3.63) is 12.4 Å². The lowest BCUT2D eigenvalue weighted by Gasteiger charge is -2.35. The van der Waals surface area contributed by atoms with Crippen molar-refractivity contribution in [2.24, 2.45) is 0 Å². The normalized spacial score (nSPS) is 15.0. The van der Waals surface area contributed by atoms with E-state index in [1.165, 1.54) is 0 Å². The molecule has 0 bridgehead atoms. The molecular weight excluding hydrogens is 296 g/mol. The summed E-state index contributed by atoms with van der Waals surface area (Å²) in [5, 5.41) is 0. The van der Waals surface area contributed by atoms with Crippen LogP contribution in [0.25, 0.3) is 0 Å². The van der Waals surface area contributed by atoms with Crippen LogP contribution < -0.4 is 9.64 Å². The molecule has 0 N–H and O–H groups in total. The molecule has 0 radical (unpaired) electrons. The smallest absolute Gasteiger partial charge is 0.410 e. The van der Waals surface area contributed by atoms with Crippen molar-refractivity contribution in [1.82, 2.24) is 14.9 Å². The van der Waals surface area contributed by atoms with Gasteiger partial charge in [0.25, 0.3) is 0 Å². The van der Waals surface area contributed by atoms with Gasteiger partial charge in [-0.2, -0.15) is 0 Å². The number of carbonyl (C=O) groups excluding carboxylic acids is 1. The van der Waals surface area contributed by atoms with E-state index in [9.17, 15) is 4.79 Å². The number of hydrogen-bond acceptors (Lipinski definition) is 6. The molecule has 2 rings (SSSR count). The van der Waals surface area contributed by atoms with Crippen molar-refractivity contribution in [2.75, 3.05) is 37.7 Å². The first kappa shape index (κ1) is 16.9. The van der Waals surface area contributed by atoms with E-state index in [1.807, 2.05) is 25.7 Å². The predicted molar refractivity (Wildman–Crippen MR) is 86.4 cm³/mol. The minimum atomic E-state index is -0.481. The maximum absolute atomic E-state index is 12.0. The first-order valence-electron chi connectivity index (χ1n) is 7.50. The summed E-state index contributed by atoms with van der Waals surface area (Å²) in [4.78, 5) is 24.3. The molecule has 1 aliphatic heterocycles. The van der Waals surface area contributed by atoms with Crippen molar-refractivity contribution < 1.29 is 14.3 Å². The number of piperazine rings is 1. The Balaban J connectivity index is 1.87. The third kappa shape index (κ3) is 5.02. The maximum Gasteiger partial charge on any atom is 0.410 e. The van der Waals surface area contributed by atoms with Crippen molar-refractivity contribution >= 4 is 12.0 Å². The SMILES string of the molecule is C#CCOc1cnc(N2CCN(C(=O)OC(C)(C)C)CC2)nc1. The second-order valence-electron chi connectivity index (χ2n) is 6.17. The molecule has 0 unspecified atom stereocenters. The summed E-state index contributed by atoms with van der Waals surface area (Å²) < 4.78 is 10.6. The minimum absolute atomic E-state index is 0.192. The van der Waals surface area contributed by atoms with Crippen molar-refractivity contribution in [3.63, 3.8) is 0 Å². The molecule has 1 aliphatic rings. The molecule has 2 heterocycles. The summed E-state index contributed by atoms with van der Waals surface area (Å²) in [6.45, 7) is 8.24. The average Bonchev–Trinajstić information content (AvgIpc) is 2.52. The fourth-order valence-electron chi connectivity index (χ4n) is 2.09. The zero-order valence-corrected chi connectivity index (χ0v) is 13.8. The van der Waals surface area contributed by atoms with Crippen LogP contribution in [0.4, 0.5) is 10.7 Å². The Morgan fingerprint density at radius 3 is 2.39 bits per heavy atom. The van der Waals surface area contributed by atoms with E-state index in [4.69, 9.17) is 15.9 Å². The van der Waals surface area contributed by atoms with Crippen LogP contribution in [-0.2, 0) is 4.74 Å². The van der Waals surface area contributed by atoms with Crippen LogP contribution in [0.3, 0.4) is 0 Å². The molecule has 0 atom stereocenters. The van der Waals surface area contributed by atoms with Crippen LogP contribution >= 0.6 is 0 Å². The number of anilines is 1. The van der Waals surface area contributed by atoms with Gasteiger partial charge in [0.2, 0.25) is 5.95 Å². The van der Waals surface area contributed by atoms with Gasteiger partial charge in [-0.1, -0.05) is 5.92 Å². The Morgan fingerprint density at radius 1 is 1.26 bits per heavy atom. The minimum Gasteiger partial charge on any atom is -0.478 e. The number of hydrogen-bond donors (Lipinski definition) is 0. The molecule has 0 aromatic carbocycles. The number of carbonyl (C=O) groups is 1. The maximum atomic E-state index is 12.0. The molecule has 0 spiro atoms. The van der Waals surface area contributed by atoms with Crippen LogP contribution in [0.2, 0.25) is 0 Å². The quantitative estimate of drug-likeness (QED) is 0.788.